The lowest BCUT2D eigenvalue weighted by atomic mass is 10.2. The van der Waals surface area contributed by atoms with Crippen LogP contribution in [0.25, 0.3) is 34.0 Å². The quantitative estimate of drug-likeness (QED) is 0.431. The van der Waals surface area contributed by atoms with E-state index in [-0.39, 0.29) is 0 Å². The number of hydrogen-bond donors (Lipinski definition) is 1. The van der Waals surface area contributed by atoms with Crippen molar-refractivity contribution in [2.45, 2.75) is 0 Å². The number of aromatic amines is 1. The molecule has 4 nitrogen and oxygen atoms in total. The highest BCUT2D eigenvalue weighted by Crippen LogP contribution is 2.36. The highest BCUT2D eigenvalue weighted by atomic mass is 35.5. The zero-order valence-corrected chi connectivity index (χ0v) is 14.8. The van der Waals surface area contributed by atoms with Gasteiger partial charge in [0.25, 0.3) is 0 Å². The Balaban J connectivity index is 1.73. The van der Waals surface area contributed by atoms with Crippen LogP contribution in [0, 0.1) is 11.3 Å². The van der Waals surface area contributed by atoms with E-state index in [1.165, 1.54) is 0 Å². The molecule has 0 atom stereocenters. The zero-order valence-electron chi connectivity index (χ0n) is 13.3. The molecule has 4 aromatic rings. The summed E-state index contributed by atoms with van der Waals surface area (Å²) in [6.45, 7) is 0. The van der Waals surface area contributed by atoms with Crippen LogP contribution in [0.3, 0.4) is 0 Å². The molecule has 6 heteroatoms. The number of imidazole rings is 1. The van der Waals surface area contributed by atoms with Gasteiger partial charge in [0.2, 0.25) is 0 Å². The minimum absolute atomic E-state index is 0.368. The van der Waals surface area contributed by atoms with Gasteiger partial charge in [0.05, 0.1) is 32.2 Å². The fraction of sp³-hybridized carbons (Fsp3) is 0. The van der Waals surface area contributed by atoms with Gasteiger partial charge in [-0.25, -0.2) is 4.98 Å². The molecule has 2 aromatic heterocycles. The van der Waals surface area contributed by atoms with Crippen LogP contribution >= 0.6 is 23.2 Å². The van der Waals surface area contributed by atoms with Gasteiger partial charge >= 0.3 is 0 Å². The summed E-state index contributed by atoms with van der Waals surface area (Å²) in [4.78, 5) is 7.58. The molecule has 2 aromatic carbocycles. The topological polar surface area (TPSA) is 65.6 Å². The Morgan fingerprint density at radius 2 is 1.81 bits per heavy atom. The molecule has 26 heavy (non-hydrogen) atoms. The molecule has 0 saturated carbocycles. The standard InChI is InChI=1S/C20H11Cl2N3O/c21-14-4-3-5-15(22)19(14)18-9-8-13(26-18)10-12(11-23)20-24-16-6-1-2-7-17(16)25-20/h1-10H,(H,24,25). The molecule has 4 rings (SSSR count). The summed E-state index contributed by atoms with van der Waals surface area (Å²) in [5.74, 6) is 1.53. The minimum Gasteiger partial charge on any atom is -0.457 e. The van der Waals surface area contributed by atoms with E-state index in [2.05, 4.69) is 16.0 Å². The normalized spacial score (nSPS) is 11.7. The van der Waals surface area contributed by atoms with Gasteiger partial charge in [0.1, 0.15) is 23.4 Å². The first-order valence-corrected chi connectivity index (χ1v) is 8.52. The second-order valence-electron chi connectivity index (χ2n) is 5.57. The first-order chi connectivity index (χ1) is 12.7. The van der Waals surface area contributed by atoms with Gasteiger partial charge in [-0.15, -0.1) is 0 Å². The third kappa shape index (κ3) is 2.99. The van der Waals surface area contributed by atoms with Crippen molar-refractivity contribution in [1.29, 1.82) is 5.26 Å². The van der Waals surface area contributed by atoms with Crippen LogP contribution in [0.2, 0.25) is 10.0 Å². The number of furan rings is 1. The molecule has 0 aliphatic carbocycles. The Bertz CT molecular complexity index is 1130. The minimum atomic E-state index is 0.368. The molecule has 126 valence electrons. The second-order valence-corrected chi connectivity index (χ2v) is 6.39. The van der Waals surface area contributed by atoms with Crippen LogP contribution < -0.4 is 0 Å². The van der Waals surface area contributed by atoms with Gasteiger partial charge in [-0.1, -0.05) is 41.4 Å². The number of benzene rings is 2. The molecule has 0 fully saturated rings. The monoisotopic (exact) mass is 379 g/mol. The van der Waals surface area contributed by atoms with Crippen LogP contribution in [-0.4, -0.2) is 9.97 Å². The van der Waals surface area contributed by atoms with Gasteiger partial charge in [0.15, 0.2) is 0 Å². The van der Waals surface area contributed by atoms with Gasteiger partial charge < -0.3 is 9.40 Å². The second kappa shape index (κ2) is 6.72. The summed E-state index contributed by atoms with van der Waals surface area (Å²) in [5, 5.41) is 10.5. The van der Waals surface area contributed by atoms with Crippen LogP contribution in [-0.2, 0) is 0 Å². The van der Waals surface area contributed by atoms with Crippen molar-refractivity contribution >= 4 is 45.9 Å². The van der Waals surface area contributed by atoms with E-state index in [0.29, 0.717) is 38.5 Å². The Morgan fingerprint density at radius 1 is 1.04 bits per heavy atom. The van der Waals surface area contributed by atoms with Gasteiger partial charge in [0, 0.05) is 6.08 Å². The maximum absolute atomic E-state index is 9.52. The summed E-state index contributed by atoms with van der Waals surface area (Å²) < 4.78 is 5.82. The lowest BCUT2D eigenvalue weighted by molar-refractivity contribution is 0.572. The Labute approximate surface area is 159 Å². The molecule has 0 bridgehead atoms. The first-order valence-electron chi connectivity index (χ1n) is 7.77. The molecule has 0 aliphatic rings. The number of halogens is 2. The first kappa shape index (κ1) is 16.5. The Hall–Kier alpha value is -3.00. The summed E-state index contributed by atoms with van der Waals surface area (Å²) in [6.07, 6.45) is 1.63. The summed E-state index contributed by atoms with van der Waals surface area (Å²) in [7, 11) is 0. The molecular weight excluding hydrogens is 369 g/mol. The van der Waals surface area contributed by atoms with Gasteiger partial charge in [-0.05, 0) is 36.4 Å². The largest absolute Gasteiger partial charge is 0.457 e. The van der Waals surface area contributed by atoms with Crippen molar-refractivity contribution in [3.63, 3.8) is 0 Å². The SMILES string of the molecule is N#CC(=Cc1ccc(-c2c(Cl)cccc2Cl)o1)c1nc2ccccc2[nH]1. The molecule has 2 heterocycles. The zero-order chi connectivity index (χ0) is 18.1. The number of H-pyrrole nitrogens is 1. The molecule has 0 amide bonds. The predicted octanol–water partition coefficient (Wildman–Crippen LogP) is 6.19. The average molecular weight is 380 g/mol. The number of para-hydroxylation sites is 2. The molecule has 0 unspecified atom stereocenters. The van der Waals surface area contributed by atoms with Crippen LogP contribution in [0.15, 0.2) is 59.0 Å². The fourth-order valence-electron chi connectivity index (χ4n) is 2.67. The van der Waals surface area contributed by atoms with E-state index >= 15 is 0 Å². The molecule has 0 saturated heterocycles. The van der Waals surface area contributed by atoms with Crippen molar-refractivity contribution < 1.29 is 4.42 Å². The number of allylic oxidation sites excluding steroid dienone is 1. The number of nitrogens with one attached hydrogen (secondary N) is 1. The predicted molar refractivity (Wildman–Crippen MR) is 104 cm³/mol. The van der Waals surface area contributed by atoms with Crippen molar-refractivity contribution in [1.82, 2.24) is 9.97 Å². The third-order valence-corrected chi connectivity index (χ3v) is 4.52. The number of rotatable bonds is 3. The van der Waals surface area contributed by atoms with Crippen LogP contribution in [0.1, 0.15) is 11.6 Å². The summed E-state index contributed by atoms with van der Waals surface area (Å²) in [6, 6.07) is 18.5. The van der Waals surface area contributed by atoms with E-state index in [1.807, 2.05) is 24.3 Å². The van der Waals surface area contributed by atoms with Gasteiger partial charge in [-0.3, -0.25) is 0 Å². The molecule has 0 aliphatic heterocycles. The molecule has 0 spiro atoms. The average Bonchev–Trinajstić information content (AvgIpc) is 3.26. The molecule has 0 radical (unpaired) electrons. The number of nitriles is 1. The van der Waals surface area contributed by atoms with Crippen molar-refractivity contribution in [3.05, 3.63) is 76.2 Å². The number of nitrogens with zero attached hydrogens (tertiary/aromatic N) is 2. The molecule has 1 N–H and O–H groups in total. The molecular formula is C20H11Cl2N3O. The Morgan fingerprint density at radius 3 is 2.54 bits per heavy atom. The summed E-state index contributed by atoms with van der Waals surface area (Å²) >= 11 is 12.4. The third-order valence-electron chi connectivity index (χ3n) is 3.89. The van der Waals surface area contributed by atoms with Gasteiger partial charge in [-0.2, -0.15) is 5.26 Å². The number of fused-ring (bicyclic) bond motifs is 1. The van der Waals surface area contributed by atoms with E-state index in [9.17, 15) is 5.26 Å². The number of hydrogen-bond acceptors (Lipinski definition) is 3. The smallest absolute Gasteiger partial charge is 0.149 e. The van der Waals surface area contributed by atoms with Crippen LogP contribution in [0.5, 0.6) is 0 Å². The van der Waals surface area contributed by atoms with Crippen molar-refractivity contribution in [2.75, 3.05) is 0 Å². The summed E-state index contributed by atoms with van der Waals surface area (Å²) in [5.41, 5.74) is 2.66. The van der Waals surface area contributed by atoms with E-state index in [0.717, 1.165) is 11.0 Å². The fourth-order valence-corrected chi connectivity index (χ4v) is 3.26. The maximum atomic E-state index is 9.52. The van der Waals surface area contributed by atoms with Crippen molar-refractivity contribution in [3.8, 4) is 17.4 Å². The van der Waals surface area contributed by atoms with E-state index in [1.54, 1.807) is 36.4 Å². The highest BCUT2D eigenvalue weighted by Gasteiger charge is 2.13. The maximum Gasteiger partial charge on any atom is 0.149 e. The van der Waals surface area contributed by atoms with Crippen LogP contribution in [0.4, 0.5) is 0 Å². The van der Waals surface area contributed by atoms with Crippen molar-refractivity contribution in [2.24, 2.45) is 0 Å². The Kier molecular flexibility index (Phi) is 4.26. The van der Waals surface area contributed by atoms with E-state index in [4.69, 9.17) is 27.6 Å². The number of aromatic nitrogens is 2. The van der Waals surface area contributed by atoms with E-state index < -0.39 is 0 Å². The highest BCUT2D eigenvalue weighted by molar-refractivity contribution is 6.39. The lowest BCUT2D eigenvalue weighted by Crippen LogP contribution is -1.84. The lowest BCUT2D eigenvalue weighted by Gasteiger charge is -2.02.